The van der Waals surface area contributed by atoms with E-state index in [2.05, 4.69) is 4.90 Å². The van der Waals surface area contributed by atoms with Gasteiger partial charge in [-0.2, -0.15) is 0 Å². The van der Waals surface area contributed by atoms with Crippen molar-refractivity contribution in [1.82, 2.24) is 9.88 Å². The van der Waals surface area contributed by atoms with Crippen molar-refractivity contribution in [3.05, 3.63) is 47.0 Å². The van der Waals surface area contributed by atoms with Crippen molar-refractivity contribution in [3.63, 3.8) is 0 Å². The monoisotopic (exact) mass is 445 g/mol. The van der Waals surface area contributed by atoms with Gasteiger partial charge in [0.05, 0.1) is 22.9 Å². The van der Waals surface area contributed by atoms with Gasteiger partial charge in [-0.3, -0.25) is 4.79 Å². The zero-order chi connectivity index (χ0) is 21.1. The normalized spacial score (nSPS) is 14.2. The average molecular weight is 446 g/mol. The van der Waals surface area contributed by atoms with E-state index in [9.17, 15) is 4.79 Å². The summed E-state index contributed by atoms with van der Waals surface area (Å²) in [5.41, 5.74) is 1.46. The van der Waals surface area contributed by atoms with Gasteiger partial charge in [-0.15, -0.1) is 0 Å². The third-order valence-electron chi connectivity index (χ3n) is 4.99. The summed E-state index contributed by atoms with van der Waals surface area (Å²) in [6.45, 7) is 7.65. The molecule has 1 amide bonds. The van der Waals surface area contributed by atoms with Crippen LogP contribution >= 0.6 is 22.9 Å². The Morgan fingerprint density at radius 1 is 1.07 bits per heavy atom. The fourth-order valence-corrected chi connectivity index (χ4v) is 4.82. The minimum absolute atomic E-state index is 0.00555. The molecule has 1 aliphatic heterocycles. The number of hydrogen-bond acceptors (Lipinski definition) is 6. The summed E-state index contributed by atoms with van der Waals surface area (Å²) in [6.07, 6.45) is 0. The van der Waals surface area contributed by atoms with Crippen LogP contribution in [0.3, 0.4) is 0 Å². The lowest BCUT2D eigenvalue weighted by Gasteiger charge is -2.34. The van der Waals surface area contributed by atoms with E-state index < -0.39 is 0 Å². The van der Waals surface area contributed by atoms with Gasteiger partial charge in [-0.25, -0.2) is 4.98 Å². The number of para-hydroxylation sites is 1. The third-order valence-corrected chi connectivity index (χ3v) is 6.37. The SMILES string of the molecule is CCOc1ccc(C(=O)N2CCN(c3nc4c(Cl)cccc4s3)CC2)cc1OCC. The van der Waals surface area contributed by atoms with Crippen molar-refractivity contribution in [3.8, 4) is 11.5 Å². The number of ether oxygens (including phenoxy) is 2. The van der Waals surface area contributed by atoms with Gasteiger partial charge in [0.2, 0.25) is 0 Å². The molecule has 0 spiro atoms. The molecule has 0 aliphatic carbocycles. The van der Waals surface area contributed by atoms with Gasteiger partial charge in [-0.05, 0) is 44.2 Å². The van der Waals surface area contributed by atoms with Gasteiger partial charge in [0, 0.05) is 31.7 Å². The fourth-order valence-electron chi connectivity index (χ4n) is 3.51. The van der Waals surface area contributed by atoms with Crippen LogP contribution in [0.5, 0.6) is 11.5 Å². The number of nitrogens with zero attached hydrogens (tertiary/aromatic N) is 3. The van der Waals surface area contributed by atoms with Gasteiger partial charge in [-0.1, -0.05) is 29.0 Å². The van der Waals surface area contributed by atoms with E-state index >= 15 is 0 Å². The molecule has 8 heteroatoms. The molecule has 0 radical (unpaired) electrons. The van der Waals surface area contributed by atoms with E-state index in [0.29, 0.717) is 48.4 Å². The molecule has 1 aromatic heterocycles. The van der Waals surface area contributed by atoms with Crippen molar-refractivity contribution < 1.29 is 14.3 Å². The highest BCUT2D eigenvalue weighted by Crippen LogP contribution is 2.33. The first kappa shape index (κ1) is 20.8. The Kier molecular flexibility index (Phi) is 6.29. The zero-order valence-corrected chi connectivity index (χ0v) is 18.6. The van der Waals surface area contributed by atoms with Gasteiger partial charge < -0.3 is 19.3 Å². The Labute approximate surface area is 185 Å². The number of thiazole rings is 1. The maximum absolute atomic E-state index is 13.0. The summed E-state index contributed by atoms with van der Waals surface area (Å²) < 4.78 is 12.3. The van der Waals surface area contributed by atoms with Crippen LogP contribution in [-0.2, 0) is 0 Å². The smallest absolute Gasteiger partial charge is 0.254 e. The number of anilines is 1. The van der Waals surface area contributed by atoms with Crippen LogP contribution in [0.1, 0.15) is 24.2 Å². The number of hydrogen-bond donors (Lipinski definition) is 0. The van der Waals surface area contributed by atoms with Crippen LogP contribution in [0.15, 0.2) is 36.4 Å². The lowest BCUT2D eigenvalue weighted by atomic mass is 10.1. The number of amides is 1. The number of piperazine rings is 1. The highest BCUT2D eigenvalue weighted by atomic mass is 35.5. The van der Waals surface area contributed by atoms with Crippen molar-refractivity contribution in [2.75, 3.05) is 44.3 Å². The highest BCUT2D eigenvalue weighted by molar-refractivity contribution is 7.22. The average Bonchev–Trinajstić information content (AvgIpc) is 3.21. The van der Waals surface area contributed by atoms with Gasteiger partial charge in [0.15, 0.2) is 16.6 Å². The molecular weight excluding hydrogens is 422 g/mol. The van der Waals surface area contributed by atoms with Gasteiger partial charge in [0.1, 0.15) is 5.52 Å². The number of halogens is 1. The topological polar surface area (TPSA) is 54.9 Å². The zero-order valence-electron chi connectivity index (χ0n) is 17.1. The lowest BCUT2D eigenvalue weighted by molar-refractivity contribution is 0.0746. The van der Waals surface area contributed by atoms with Gasteiger partial charge >= 0.3 is 0 Å². The van der Waals surface area contributed by atoms with Crippen LogP contribution in [-0.4, -0.2) is 55.2 Å². The molecule has 0 N–H and O–H groups in total. The Hall–Kier alpha value is -2.51. The summed E-state index contributed by atoms with van der Waals surface area (Å²) in [5.74, 6) is 1.27. The van der Waals surface area contributed by atoms with E-state index in [1.807, 2.05) is 43.0 Å². The molecule has 4 rings (SSSR count). The molecule has 158 valence electrons. The second kappa shape index (κ2) is 9.10. The second-order valence-electron chi connectivity index (χ2n) is 6.89. The minimum atomic E-state index is 0.00555. The minimum Gasteiger partial charge on any atom is -0.490 e. The number of rotatable bonds is 6. The summed E-state index contributed by atoms with van der Waals surface area (Å²) in [6, 6.07) is 11.2. The van der Waals surface area contributed by atoms with E-state index in [1.54, 1.807) is 23.5 Å². The fraction of sp³-hybridized carbons (Fsp3) is 0.364. The third kappa shape index (κ3) is 4.18. The Balaban J connectivity index is 1.45. The highest BCUT2D eigenvalue weighted by Gasteiger charge is 2.25. The quantitative estimate of drug-likeness (QED) is 0.550. The predicted molar refractivity (Wildman–Crippen MR) is 122 cm³/mol. The van der Waals surface area contributed by atoms with Crippen LogP contribution in [0.4, 0.5) is 5.13 Å². The van der Waals surface area contributed by atoms with Gasteiger partial charge in [0.25, 0.3) is 5.91 Å². The van der Waals surface area contributed by atoms with E-state index in [0.717, 1.165) is 28.4 Å². The lowest BCUT2D eigenvalue weighted by Crippen LogP contribution is -2.48. The number of carbonyl (C=O) groups excluding carboxylic acids is 1. The first-order valence-electron chi connectivity index (χ1n) is 10.1. The predicted octanol–water partition coefficient (Wildman–Crippen LogP) is 4.71. The van der Waals surface area contributed by atoms with E-state index in [1.165, 1.54) is 0 Å². The number of carbonyl (C=O) groups is 1. The van der Waals surface area contributed by atoms with Crippen molar-refractivity contribution in [1.29, 1.82) is 0 Å². The molecule has 0 saturated carbocycles. The molecule has 0 bridgehead atoms. The van der Waals surface area contributed by atoms with Crippen LogP contribution in [0, 0.1) is 0 Å². The number of aromatic nitrogens is 1. The molecule has 3 aromatic rings. The molecule has 1 aliphatic rings. The molecule has 6 nitrogen and oxygen atoms in total. The first-order valence-corrected chi connectivity index (χ1v) is 11.3. The number of benzene rings is 2. The van der Waals surface area contributed by atoms with E-state index in [4.69, 9.17) is 26.1 Å². The molecule has 1 saturated heterocycles. The molecule has 2 aromatic carbocycles. The van der Waals surface area contributed by atoms with Crippen LogP contribution < -0.4 is 14.4 Å². The van der Waals surface area contributed by atoms with Crippen molar-refractivity contribution >= 4 is 44.2 Å². The molecular formula is C22H24ClN3O3S. The molecule has 0 unspecified atom stereocenters. The Morgan fingerprint density at radius 2 is 1.80 bits per heavy atom. The maximum atomic E-state index is 13.0. The maximum Gasteiger partial charge on any atom is 0.254 e. The summed E-state index contributed by atoms with van der Waals surface area (Å²) in [5, 5.41) is 1.62. The Morgan fingerprint density at radius 3 is 2.50 bits per heavy atom. The first-order chi connectivity index (χ1) is 14.6. The second-order valence-corrected chi connectivity index (χ2v) is 8.31. The number of fused-ring (bicyclic) bond motifs is 1. The standard InChI is InChI=1S/C22H24ClN3O3S/c1-3-28-17-9-8-15(14-18(17)29-4-2)21(27)25-10-12-26(13-11-25)22-24-20-16(23)6-5-7-19(20)30-22/h5-9,14H,3-4,10-13H2,1-2H3. The van der Waals surface area contributed by atoms with Crippen molar-refractivity contribution in [2.24, 2.45) is 0 Å². The molecule has 30 heavy (non-hydrogen) atoms. The summed E-state index contributed by atoms with van der Waals surface area (Å²) >= 11 is 7.90. The van der Waals surface area contributed by atoms with Crippen molar-refractivity contribution in [2.45, 2.75) is 13.8 Å². The Bertz CT molecular complexity index is 1050. The molecule has 1 fully saturated rings. The largest absolute Gasteiger partial charge is 0.490 e. The van der Waals surface area contributed by atoms with Crippen LogP contribution in [0.2, 0.25) is 5.02 Å². The summed E-state index contributed by atoms with van der Waals surface area (Å²) in [4.78, 5) is 21.8. The summed E-state index contributed by atoms with van der Waals surface area (Å²) in [7, 11) is 0. The van der Waals surface area contributed by atoms with E-state index in [-0.39, 0.29) is 5.91 Å². The van der Waals surface area contributed by atoms with Crippen LogP contribution in [0.25, 0.3) is 10.2 Å². The molecule has 2 heterocycles. The molecule has 0 atom stereocenters.